The highest BCUT2D eigenvalue weighted by Crippen LogP contribution is 2.46. The molecule has 0 saturated carbocycles. The van der Waals surface area contributed by atoms with Gasteiger partial charge < -0.3 is 14.4 Å². The number of fused-ring (bicyclic) bond motifs is 1. The Hall–Kier alpha value is -2.13. The minimum Gasteiger partial charge on any atom is -0.462 e. The average molecular weight is 452 g/mol. The Labute approximate surface area is 183 Å². The van der Waals surface area contributed by atoms with Crippen molar-refractivity contribution in [2.24, 2.45) is 0 Å². The molecule has 0 radical (unpaired) electrons. The van der Waals surface area contributed by atoms with Crippen LogP contribution < -0.4 is 0 Å². The van der Waals surface area contributed by atoms with E-state index in [2.05, 4.69) is 30.1 Å². The lowest BCUT2D eigenvalue weighted by molar-refractivity contribution is -0.453. The summed E-state index contributed by atoms with van der Waals surface area (Å²) in [6.45, 7) is 8.64. The van der Waals surface area contributed by atoms with Crippen molar-refractivity contribution in [3.63, 3.8) is 0 Å². The summed E-state index contributed by atoms with van der Waals surface area (Å²) < 4.78 is 25.5. The Morgan fingerprint density at radius 3 is 2.43 bits per heavy atom. The van der Waals surface area contributed by atoms with Crippen molar-refractivity contribution in [2.75, 3.05) is 26.3 Å². The van der Waals surface area contributed by atoms with E-state index in [9.17, 15) is 13.8 Å². The zero-order valence-electron chi connectivity index (χ0n) is 17.7. The molecule has 2 atom stereocenters. The summed E-state index contributed by atoms with van der Waals surface area (Å²) in [6.07, 6.45) is 9.12. The van der Waals surface area contributed by atoms with Crippen molar-refractivity contribution in [1.29, 1.82) is 0 Å². The summed E-state index contributed by atoms with van der Waals surface area (Å²) >= 11 is 1.64. The number of nitrogens with zero attached hydrogens (tertiary/aromatic N) is 2. The first-order valence-electron chi connectivity index (χ1n) is 10.1. The number of ether oxygens (including phenoxy) is 2. The molecule has 1 aliphatic carbocycles. The normalized spacial score (nSPS) is 25.1. The van der Waals surface area contributed by atoms with Crippen molar-refractivity contribution in [1.82, 2.24) is 4.90 Å². The van der Waals surface area contributed by atoms with Crippen molar-refractivity contribution < 1.29 is 27.8 Å². The first-order chi connectivity index (χ1) is 14.5. The molecule has 0 amide bonds. The molecule has 0 aromatic carbocycles. The van der Waals surface area contributed by atoms with Crippen LogP contribution >= 0.6 is 11.8 Å². The Balaban J connectivity index is 2.15. The van der Waals surface area contributed by atoms with E-state index in [1.165, 1.54) is 5.70 Å². The average Bonchev–Trinajstić information content (AvgIpc) is 3.26. The molecular weight excluding hydrogens is 424 g/mol. The lowest BCUT2D eigenvalue weighted by atomic mass is 10.1. The van der Waals surface area contributed by atoms with Gasteiger partial charge in [-0.15, -0.1) is 0 Å². The molecule has 1 saturated heterocycles. The van der Waals surface area contributed by atoms with Gasteiger partial charge in [0, 0.05) is 12.2 Å². The smallest absolute Gasteiger partial charge is 0.353 e. The minimum atomic E-state index is -1.72. The fourth-order valence-corrected chi connectivity index (χ4v) is 6.64. The molecule has 30 heavy (non-hydrogen) atoms. The highest BCUT2D eigenvalue weighted by molar-refractivity contribution is 8.05. The van der Waals surface area contributed by atoms with Gasteiger partial charge in [0.1, 0.15) is 11.4 Å². The van der Waals surface area contributed by atoms with E-state index in [1.54, 1.807) is 36.4 Å². The van der Waals surface area contributed by atoms with Gasteiger partial charge in [-0.25, -0.2) is 13.8 Å². The summed E-state index contributed by atoms with van der Waals surface area (Å²) in [5.74, 6) is -1.63. The van der Waals surface area contributed by atoms with Gasteiger partial charge in [-0.05, 0) is 34.1 Å². The SMILES string of the molecule is CCOC(=O)C(C(=O)OCC)=C1[N+](CC)=CC(=C2SC3C=CCC=C3N2CC)S1=O. The van der Waals surface area contributed by atoms with Crippen molar-refractivity contribution in [3.05, 3.63) is 44.5 Å². The van der Waals surface area contributed by atoms with Gasteiger partial charge in [-0.1, -0.05) is 30.0 Å². The van der Waals surface area contributed by atoms with Crippen LogP contribution in [-0.4, -0.2) is 63.4 Å². The Bertz CT molecular complexity index is 910. The lowest BCUT2D eigenvalue weighted by Gasteiger charge is -2.21. The molecule has 1 fully saturated rings. The second kappa shape index (κ2) is 9.78. The third-order valence-electron chi connectivity index (χ3n) is 4.81. The van der Waals surface area contributed by atoms with Crippen LogP contribution in [0.1, 0.15) is 34.1 Å². The molecule has 3 aliphatic rings. The third-order valence-corrected chi connectivity index (χ3v) is 7.74. The molecule has 0 spiro atoms. The van der Waals surface area contributed by atoms with Gasteiger partial charge in [-0.3, -0.25) is 0 Å². The molecule has 0 N–H and O–H groups in total. The number of carbonyl (C=O) groups excluding carboxylic acids is 2. The second-order valence-corrected chi connectivity index (χ2v) is 9.04. The molecule has 0 bridgehead atoms. The molecule has 7 nitrogen and oxygen atoms in total. The number of carbonyl (C=O) groups is 2. The number of hydrogen-bond donors (Lipinski definition) is 0. The molecule has 2 unspecified atom stereocenters. The molecule has 0 aromatic rings. The zero-order valence-corrected chi connectivity index (χ0v) is 19.3. The largest absolute Gasteiger partial charge is 0.462 e. The third kappa shape index (κ3) is 4.05. The van der Waals surface area contributed by atoms with Crippen LogP contribution in [0.25, 0.3) is 0 Å². The topological polar surface area (TPSA) is 75.9 Å². The van der Waals surface area contributed by atoms with Crippen LogP contribution in [0.2, 0.25) is 0 Å². The highest BCUT2D eigenvalue weighted by Gasteiger charge is 2.45. The van der Waals surface area contributed by atoms with Gasteiger partial charge in [0.05, 0.1) is 23.5 Å². The fourth-order valence-electron chi connectivity index (χ4n) is 3.52. The molecule has 9 heteroatoms. The summed E-state index contributed by atoms with van der Waals surface area (Å²) in [7, 11) is -1.72. The summed E-state index contributed by atoms with van der Waals surface area (Å²) in [5.41, 5.74) is 0.891. The van der Waals surface area contributed by atoms with Crippen molar-refractivity contribution >= 4 is 40.7 Å². The maximum atomic E-state index is 13.6. The van der Waals surface area contributed by atoms with E-state index in [-0.39, 0.29) is 29.1 Å². The quantitative estimate of drug-likeness (QED) is 0.153. The fraction of sp³-hybridized carbons (Fsp3) is 0.476. The lowest BCUT2D eigenvalue weighted by Crippen LogP contribution is -2.24. The van der Waals surface area contributed by atoms with Gasteiger partial charge in [-0.2, -0.15) is 4.58 Å². The highest BCUT2D eigenvalue weighted by atomic mass is 32.2. The molecule has 162 valence electrons. The van der Waals surface area contributed by atoms with Crippen LogP contribution in [0.5, 0.6) is 0 Å². The van der Waals surface area contributed by atoms with E-state index < -0.39 is 22.7 Å². The first-order valence-corrected chi connectivity index (χ1v) is 12.2. The van der Waals surface area contributed by atoms with Crippen LogP contribution in [0.15, 0.2) is 44.5 Å². The predicted molar refractivity (Wildman–Crippen MR) is 118 cm³/mol. The zero-order chi connectivity index (χ0) is 21.8. The Morgan fingerprint density at radius 1 is 1.20 bits per heavy atom. The van der Waals surface area contributed by atoms with Gasteiger partial charge in [0.25, 0.3) is 5.03 Å². The van der Waals surface area contributed by atoms with Crippen LogP contribution in [0, 0.1) is 0 Å². The number of hydrogen-bond acceptors (Lipinski definition) is 7. The van der Waals surface area contributed by atoms with E-state index in [0.29, 0.717) is 11.4 Å². The maximum absolute atomic E-state index is 13.6. The van der Waals surface area contributed by atoms with Crippen LogP contribution in [0.3, 0.4) is 0 Å². The molecular formula is C21H27N2O5S2+. The Morgan fingerprint density at radius 2 is 1.87 bits per heavy atom. The molecule has 3 rings (SSSR count). The van der Waals surface area contributed by atoms with E-state index in [1.807, 2.05) is 6.92 Å². The van der Waals surface area contributed by atoms with E-state index in [0.717, 1.165) is 18.0 Å². The van der Waals surface area contributed by atoms with Crippen molar-refractivity contribution in [2.45, 2.75) is 39.4 Å². The summed E-state index contributed by atoms with van der Waals surface area (Å²) in [6, 6.07) is 0. The monoisotopic (exact) mass is 451 g/mol. The first kappa shape index (κ1) is 22.6. The summed E-state index contributed by atoms with van der Waals surface area (Å²) in [5, 5.41) is 1.20. The maximum Gasteiger partial charge on any atom is 0.353 e. The Kier molecular flexibility index (Phi) is 7.36. The number of esters is 2. The second-order valence-electron chi connectivity index (χ2n) is 6.55. The van der Waals surface area contributed by atoms with Gasteiger partial charge in [0.2, 0.25) is 5.57 Å². The molecule has 2 heterocycles. The number of rotatable bonds is 6. The van der Waals surface area contributed by atoms with E-state index >= 15 is 0 Å². The van der Waals surface area contributed by atoms with Crippen LogP contribution in [0.4, 0.5) is 0 Å². The van der Waals surface area contributed by atoms with Gasteiger partial charge >= 0.3 is 11.9 Å². The minimum absolute atomic E-state index is 0.104. The van der Waals surface area contributed by atoms with Crippen LogP contribution in [-0.2, 0) is 29.9 Å². The predicted octanol–water partition coefficient (Wildman–Crippen LogP) is 2.64. The standard InChI is InChI=1S/C21H27N2O5S2/c1-5-22-13-16(18-23(6-2)14-11-9-10-12-15(14)29-18)30(26)19(22)17(20(24)27-7-3)21(25)28-8-4/h10-13,15H,5-9H2,1-4H3/q+1. The number of allylic oxidation sites excluding steroid dienone is 3. The molecule has 0 aromatic heterocycles. The van der Waals surface area contributed by atoms with E-state index in [4.69, 9.17) is 9.47 Å². The van der Waals surface area contributed by atoms with Crippen molar-refractivity contribution in [3.8, 4) is 0 Å². The number of thioether (sulfide) groups is 1. The molecule has 2 aliphatic heterocycles. The summed E-state index contributed by atoms with van der Waals surface area (Å²) in [4.78, 5) is 28.0. The van der Waals surface area contributed by atoms with Gasteiger partial charge in [0.15, 0.2) is 17.0 Å².